The number of nitrogens with one attached hydrogen (secondary N) is 3. The molecule has 0 aliphatic carbocycles. The zero-order chi connectivity index (χ0) is 24.8. The summed E-state index contributed by atoms with van der Waals surface area (Å²) < 4.78 is 20.3. The van der Waals surface area contributed by atoms with Crippen molar-refractivity contribution in [3.8, 4) is 0 Å². The van der Waals surface area contributed by atoms with Crippen LogP contribution in [0.15, 0.2) is 42.7 Å². The molecule has 4 amide bonds. The van der Waals surface area contributed by atoms with E-state index in [9.17, 15) is 14.4 Å². The van der Waals surface area contributed by atoms with Crippen LogP contribution in [0.1, 0.15) is 12.5 Å². The summed E-state index contributed by atoms with van der Waals surface area (Å²) >= 11 is 0. The van der Waals surface area contributed by atoms with E-state index in [1.54, 1.807) is 30.6 Å². The summed E-state index contributed by atoms with van der Waals surface area (Å²) in [6.45, 7) is 3.87. The van der Waals surface area contributed by atoms with E-state index in [2.05, 4.69) is 21.0 Å². The van der Waals surface area contributed by atoms with Crippen molar-refractivity contribution >= 4 is 29.4 Å². The number of halogens is 1. The Balaban J connectivity index is 1.33. The van der Waals surface area contributed by atoms with Gasteiger partial charge in [0.1, 0.15) is 11.9 Å². The molecule has 11 nitrogen and oxygen atoms in total. The van der Waals surface area contributed by atoms with Gasteiger partial charge in [-0.25, -0.2) is 19.4 Å². The van der Waals surface area contributed by atoms with Crippen LogP contribution in [0.4, 0.5) is 25.4 Å². The predicted octanol–water partition coefficient (Wildman–Crippen LogP) is 1.22. The number of rotatable bonds is 6. The minimum atomic E-state index is -0.584. The van der Waals surface area contributed by atoms with Crippen molar-refractivity contribution < 1.29 is 23.5 Å². The normalized spacial score (nSPS) is 18.2. The monoisotopic (exact) mass is 485 g/mol. The second-order valence-corrected chi connectivity index (χ2v) is 8.26. The number of hydrazine groups is 1. The number of amides is 4. The minimum Gasteiger partial charge on any atom is -0.442 e. The third kappa shape index (κ3) is 6.15. The van der Waals surface area contributed by atoms with Gasteiger partial charge in [-0.05, 0) is 29.8 Å². The number of cyclic esters (lactones) is 1. The molecule has 12 heteroatoms. The van der Waals surface area contributed by atoms with Gasteiger partial charge in [-0.2, -0.15) is 0 Å². The molecule has 0 saturated carbocycles. The van der Waals surface area contributed by atoms with E-state index in [1.165, 1.54) is 22.9 Å². The largest absolute Gasteiger partial charge is 0.442 e. The van der Waals surface area contributed by atoms with Gasteiger partial charge in [0, 0.05) is 45.5 Å². The molecule has 2 aliphatic rings. The smallest absolute Gasteiger partial charge is 0.414 e. The third-order valence-electron chi connectivity index (χ3n) is 5.73. The average molecular weight is 486 g/mol. The van der Waals surface area contributed by atoms with Crippen molar-refractivity contribution in [3.63, 3.8) is 0 Å². The number of anilines is 2. The van der Waals surface area contributed by atoms with Crippen LogP contribution in [-0.2, 0) is 16.1 Å². The maximum atomic E-state index is 15.1. The lowest BCUT2D eigenvalue weighted by Crippen LogP contribution is -2.48. The molecule has 0 radical (unpaired) electrons. The van der Waals surface area contributed by atoms with Gasteiger partial charge in [0.15, 0.2) is 0 Å². The standard InChI is InChI=1S/C23H28FN7O4/c1-16(32)26-14-19-15-30(23(34)35-19)18-4-5-21(20(24)11-18)29-8-7-28-31(10-9-29)22(33)27-13-17-3-2-6-25-12-17/h2-6,11-12,19,28H,7-10,13-15H2,1H3,(H,26,32)(H,27,33)/t19-/m0/s1. The summed E-state index contributed by atoms with van der Waals surface area (Å²) in [5, 5.41) is 6.94. The van der Waals surface area contributed by atoms with Crippen LogP contribution in [0.3, 0.4) is 0 Å². The van der Waals surface area contributed by atoms with Gasteiger partial charge in [-0.1, -0.05) is 6.07 Å². The molecule has 0 spiro atoms. The molecular weight excluding hydrogens is 457 g/mol. The summed E-state index contributed by atoms with van der Waals surface area (Å²) in [7, 11) is 0. The van der Waals surface area contributed by atoms with Crippen molar-refractivity contribution in [3.05, 3.63) is 54.1 Å². The summed E-state index contributed by atoms with van der Waals surface area (Å²) in [4.78, 5) is 43.1. The topological polar surface area (TPSA) is 119 Å². The summed E-state index contributed by atoms with van der Waals surface area (Å²) in [6.07, 6.45) is 2.28. The number of hydrogen-bond acceptors (Lipinski definition) is 7. The molecule has 0 unspecified atom stereocenters. The molecule has 1 aromatic carbocycles. The highest BCUT2D eigenvalue weighted by atomic mass is 19.1. The van der Waals surface area contributed by atoms with Crippen molar-refractivity contribution in [2.24, 2.45) is 0 Å². The Hall–Kier alpha value is -3.93. The quantitative estimate of drug-likeness (QED) is 0.563. The molecule has 2 aromatic rings. The summed E-state index contributed by atoms with van der Waals surface area (Å²) in [5.74, 6) is -0.693. The first-order chi connectivity index (χ1) is 16.9. The lowest BCUT2D eigenvalue weighted by atomic mass is 10.2. The Morgan fingerprint density at radius 3 is 2.83 bits per heavy atom. The Bertz CT molecular complexity index is 1070. The number of urea groups is 1. The molecule has 4 rings (SSSR count). The number of pyridine rings is 1. The maximum absolute atomic E-state index is 15.1. The average Bonchev–Trinajstić information content (AvgIpc) is 3.06. The van der Waals surface area contributed by atoms with Crippen LogP contribution in [0.2, 0.25) is 0 Å². The van der Waals surface area contributed by atoms with Crippen molar-refractivity contribution in [1.29, 1.82) is 0 Å². The lowest BCUT2D eigenvalue weighted by Gasteiger charge is -2.24. The van der Waals surface area contributed by atoms with Crippen molar-refractivity contribution in [2.75, 3.05) is 49.1 Å². The fourth-order valence-corrected chi connectivity index (χ4v) is 3.94. The molecule has 1 aromatic heterocycles. The number of ether oxygens (including phenoxy) is 1. The molecule has 2 fully saturated rings. The second kappa shape index (κ2) is 11.0. The van der Waals surface area contributed by atoms with Crippen LogP contribution in [0, 0.1) is 5.82 Å². The van der Waals surface area contributed by atoms with Crippen LogP contribution in [0.5, 0.6) is 0 Å². The zero-order valence-electron chi connectivity index (χ0n) is 19.4. The number of nitrogens with zero attached hydrogens (tertiary/aromatic N) is 4. The van der Waals surface area contributed by atoms with E-state index in [-0.39, 0.29) is 25.0 Å². The molecule has 3 heterocycles. The van der Waals surface area contributed by atoms with E-state index in [0.29, 0.717) is 44.1 Å². The van der Waals surface area contributed by atoms with Crippen molar-refractivity contribution in [1.82, 2.24) is 26.1 Å². The first-order valence-corrected chi connectivity index (χ1v) is 11.4. The predicted molar refractivity (Wildman–Crippen MR) is 126 cm³/mol. The Kier molecular flexibility index (Phi) is 7.60. The van der Waals surface area contributed by atoms with Crippen LogP contribution >= 0.6 is 0 Å². The fourth-order valence-electron chi connectivity index (χ4n) is 3.94. The molecule has 1 atom stereocenters. The van der Waals surface area contributed by atoms with Gasteiger partial charge in [-0.3, -0.25) is 19.7 Å². The second-order valence-electron chi connectivity index (χ2n) is 8.26. The molecule has 35 heavy (non-hydrogen) atoms. The summed E-state index contributed by atoms with van der Waals surface area (Å²) in [6, 6.07) is 8.00. The van der Waals surface area contributed by atoms with Gasteiger partial charge in [0.2, 0.25) is 5.91 Å². The van der Waals surface area contributed by atoms with Gasteiger partial charge in [-0.15, -0.1) is 0 Å². The number of carbonyl (C=O) groups is 3. The van der Waals surface area contributed by atoms with E-state index >= 15 is 4.39 Å². The van der Waals surface area contributed by atoms with Crippen LogP contribution in [-0.4, -0.2) is 73.4 Å². The molecule has 3 N–H and O–H groups in total. The molecule has 0 bridgehead atoms. The van der Waals surface area contributed by atoms with Gasteiger partial charge >= 0.3 is 12.1 Å². The van der Waals surface area contributed by atoms with Gasteiger partial charge in [0.05, 0.1) is 31.0 Å². The van der Waals surface area contributed by atoms with Crippen LogP contribution < -0.4 is 25.9 Å². The number of aromatic nitrogens is 1. The highest BCUT2D eigenvalue weighted by molar-refractivity contribution is 5.90. The van der Waals surface area contributed by atoms with E-state index in [1.807, 2.05) is 11.0 Å². The lowest BCUT2D eigenvalue weighted by molar-refractivity contribution is -0.119. The highest BCUT2D eigenvalue weighted by Crippen LogP contribution is 2.28. The number of carbonyl (C=O) groups excluding carboxylic acids is 3. The fraction of sp³-hybridized carbons (Fsp3) is 0.391. The SMILES string of the molecule is CC(=O)NC[C@H]1CN(c2ccc(N3CCNN(C(=O)NCc4cccnc4)CC3)c(F)c2)C(=O)O1. The van der Waals surface area contributed by atoms with E-state index in [4.69, 9.17) is 4.74 Å². The number of benzene rings is 1. The zero-order valence-corrected chi connectivity index (χ0v) is 19.4. The Morgan fingerprint density at radius 1 is 1.23 bits per heavy atom. The van der Waals surface area contributed by atoms with E-state index in [0.717, 1.165) is 5.56 Å². The van der Waals surface area contributed by atoms with Gasteiger partial charge in [0.25, 0.3) is 0 Å². The molecule has 2 saturated heterocycles. The molecule has 2 aliphatic heterocycles. The maximum Gasteiger partial charge on any atom is 0.414 e. The number of hydrogen-bond donors (Lipinski definition) is 3. The Morgan fingerprint density at radius 2 is 2.09 bits per heavy atom. The van der Waals surface area contributed by atoms with Crippen molar-refractivity contribution in [2.45, 2.75) is 19.6 Å². The van der Waals surface area contributed by atoms with E-state index < -0.39 is 18.0 Å². The Labute approximate surface area is 202 Å². The van der Waals surface area contributed by atoms with Crippen LogP contribution in [0.25, 0.3) is 0 Å². The molecular formula is C23H28FN7O4. The minimum absolute atomic E-state index is 0.200. The molecule has 186 valence electrons. The first kappa shape index (κ1) is 24.2. The third-order valence-corrected chi connectivity index (χ3v) is 5.73. The van der Waals surface area contributed by atoms with Gasteiger partial charge < -0.3 is 20.3 Å². The first-order valence-electron chi connectivity index (χ1n) is 11.4. The highest BCUT2D eigenvalue weighted by Gasteiger charge is 2.33. The summed E-state index contributed by atoms with van der Waals surface area (Å²) in [5.41, 5.74) is 4.72.